The molecule has 0 unspecified atom stereocenters. The molecule has 0 radical (unpaired) electrons. The minimum absolute atomic E-state index is 0.0211. The standard InChI is InChI=1S/C14H14FNO2S.C9H11NOS/c15-10-1-2-13-11(7-10)12(18)8-14(19-13)3-5-16(9-17)6-4-14;1-5-6-3-2-4-7(11)8(6)12-9(5)10/h1-2,7,9H,3-6,8H2;2-4,10H2,1H3. The van der Waals surface area contributed by atoms with Crippen LogP contribution in [0, 0.1) is 12.7 Å². The molecule has 5 nitrogen and oxygen atoms in total. The predicted molar refractivity (Wildman–Crippen MR) is 122 cm³/mol. The number of fused-ring (bicyclic) bond motifs is 2. The molecule has 1 fully saturated rings. The number of ketones is 2. The van der Waals surface area contributed by atoms with E-state index in [2.05, 4.69) is 0 Å². The topological polar surface area (TPSA) is 80.5 Å². The molecule has 0 bridgehead atoms. The van der Waals surface area contributed by atoms with Gasteiger partial charge >= 0.3 is 0 Å². The van der Waals surface area contributed by atoms with Crippen molar-refractivity contribution in [2.24, 2.45) is 0 Å². The van der Waals surface area contributed by atoms with Crippen molar-refractivity contribution in [3.8, 4) is 0 Å². The lowest BCUT2D eigenvalue weighted by Crippen LogP contribution is -2.44. The van der Waals surface area contributed by atoms with Crippen molar-refractivity contribution in [1.29, 1.82) is 0 Å². The number of hydrogen-bond acceptors (Lipinski definition) is 6. The second-order valence-corrected chi connectivity index (χ2v) is 10.9. The highest BCUT2D eigenvalue weighted by atomic mass is 32.2. The van der Waals surface area contributed by atoms with Crippen LogP contribution in [0.2, 0.25) is 0 Å². The van der Waals surface area contributed by atoms with E-state index >= 15 is 0 Å². The number of anilines is 1. The van der Waals surface area contributed by atoms with Crippen LogP contribution in [0.15, 0.2) is 23.1 Å². The van der Waals surface area contributed by atoms with Crippen molar-refractivity contribution in [2.75, 3.05) is 18.8 Å². The van der Waals surface area contributed by atoms with Gasteiger partial charge in [0.2, 0.25) is 6.41 Å². The monoisotopic (exact) mass is 460 g/mol. The number of nitrogens with zero attached hydrogens (tertiary/aromatic N) is 1. The van der Waals surface area contributed by atoms with Gasteiger partial charge in [-0.1, -0.05) is 0 Å². The minimum atomic E-state index is -0.362. The average molecular weight is 461 g/mol. The third-order valence-electron chi connectivity index (χ3n) is 6.30. The largest absolute Gasteiger partial charge is 0.390 e. The summed E-state index contributed by atoms with van der Waals surface area (Å²) in [5, 5.41) is 0.815. The highest BCUT2D eigenvalue weighted by Gasteiger charge is 2.41. The molecule has 8 heteroatoms. The number of hydrogen-bond donors (Lipinski definition) is 1. The van der Waals surface area contributed by atoms with Crippen LogP contribution in [0.4, 0.5) is 9.39 Å². The Labute approximate surface area is 189 Å². The summed E-state index contributed by atoms with van der Waals surface area (Å²) in [6, 6.07) is 4.43. The van der Waals surface area contributed by atoms with Crippen LogP contribution in [0.1, 0.15) is 63.3 Å². The number of benzene rings is 1. The van der Waals surface area contributed by atoms with E-state index in [1.54, 1.807) is 22.7 Å². The zero-order valence-electron chi connectivity index (χ0n) is 17.4. The summed E-state index contributed by atoms with van der Waals surface area (Å²) in [6.07, 6.45) is 5.67. The van der Waals surface area contributed by atoms with Gasteiger partial charge in [-0.25, -0.2) is 4.39 Å². The summed E-state index contributed by atoms with van der Waals surface area (Å²) < 4.78 is 13.1. The van der Waals surface area contributed by atoms with Crippen molar-refractivity contribution in [3.05, 3.63) is 45.6 Å². The molecule has 3 heterocycles. The second-order valence-electron chi connectivity index (χ2n) is 8.34. The number of amides is 1. The van der Waals surface area contributed by atoms with Gasteiger partial charge in [-0.05, 0) is 61.9 Å². The Kier molecular flexibility index (Phi) is 6.21. The number of carbonyl (C=O) groups is 3. The number of thiophene rings is 1. The summed E-state index contributed by atoms with van der Waals surface area (Å²) in [5.41, 5.74) is 8.59. The van der Waals surface area contributed by atoms with Crippen LogP contribution in [0.25, 0.3) is 0 Å². The average Bonchev–Trinajstić information content (AvgIpc) is 3.05. The fourth-order valence-corrected chi connectivity index (χ4v) is 6.98. The number of rotatable bonds is 1. The van der Waals surface area contributed by atoms with E-state index in [9.17, 15) is 18.8 Å². The first-order valence-electron chi connectivity index (χ1n) is 10.4. The van der Waals surface area contributed by atoms with Crippen molar-refractivity contribution in [3.63, 3.8) is 0 Å². The van der Waals surface area contributed by atoms with Gasteiger partial charge in [-0.2, -0.15) is 0 Å². The molecule has 5 rings (SSSR count). The molecule has 31 heavy (non-hydrogen) atoms. The van der Waals surface area contributed by atoms with Crippen LogP contribution >= 0.6 is 23.1 Å². The van der Waals surface area contributed by atoms with E-state index in [1.807, 2.05) is 6.92 Å². The van der Waals surface area contributed by atoms with E-state index in [4.69, 9.17) is 5.73 Å². The zero-order chi connectivity index (χ0) is 22.2. The van der Waals surface area contributed by atoms with Gasteiger partial charge in [0.15, 0.2) is 11.6 Å². The van der Waals surface area contributed by atoms with Gasteiger partial charge in [-0.3, -0.25) is 14.4 Å². The van der Waals surface area contributed by atoms with Crippen molar-refractivity contribution in [2.45, 2.75) is 55.1 Å². The quantitative estimate of drug-likeness (QED) is 0.627. The molecule has 2 aliphatic heterocycles. The lowest BCUT2D eigenvalue weighted by molar-refractivity contribution is -0.119. The third kappa shape index (κ3) is 4.41. The number of thioether (sulfide) groups is 1. The molecular formula is C23H25FN2O3S2. The Morgan fingerprint density at radius 3 is 2.58 bits per heavy atom. The highest BCUT2D eigenvalue weighted by Crippen LogP contribution is 2.48. The first kappa shape index (κ1) is 22.0. The molecule has 1 aromatic carbocycles. The molecule has 3 aliphatic rings. The van der Waals surface area contributed by atoms with Gasteiger partial charge in [0.05, 0.1) is 9.88 Å². The van der Waals surface area contributed by atoms with Gasteiger partial charge in [-0.15, -0.1) is 23.1 Å². The Morgan fingerprint density at radius 1 is 1.16 bits per heavy atom. The molecule has 1 saturated heterocycles. The molecule has 2 aromatic rings. The van der Waals surface area contributed by atoms with Crippen molar-refractivity contribution < 1.29 is 18.8 Å². The molecule has 0 saturated carbocycles. The molecule has 1 spiro atoms. The fourth-order valence-electron chi connectivity index (χ4n) is 4.41. The maximum absolute atomic E-state index is 13.2. The van der Waals surface area contributed by atoms with E-state index in [0.29, 0.717) is 31.5 Å². The molecule has 0 atom stereocenters. The minimum Gasteiger partial charge on any atom is -0.390 e. The van der Waals surface area contributed by atoms with Crippen LogP contribution in [0.3, 0.4) is 0 Å². The number of nitrogen functional groups attached to an aromatic ring is 1. The van der Waals surface area contributed by atoms with E-state index in [1.165, 1.54) is 29.0 Å². The Bertz CT molecular complexity index is 1040. The van der Waals surface area contributed by atoms with E-state index < -0.39 is 0 Å². The van der Waals surface area contributed by atoms with Gasteiger partial charge in [0, 0.05) is 41.1 Å². The number of Topliss-reactive ketones (excluding diaryl/α,β-unsaturated/α-hetero) is 2. The molecular weight excluding hydrogens is 435 g/mol. The first-order valence-corrected chi connectivity index (χ1v) is 12.1. The molecule has 1 aromatic heterocycles. The molecule has 164 valence electrons. The van der Waals surface area contributed by atoms with Crippen LogP contribution in [0.5, 0.6) is 0 Å². The number of likely N-dealkylation sites (tertiary alicyclic amines) is 1. The number of halogens is 1. The summed E-state index contributed by atoms with van der Waals surface area (Å²) in [6.45, 7) is 3.39. The summed E-state index contributed by atoms with van der Waals surface area (Å²) in [7, 11) is 0. The summed E-state index contributed by atoms with van der Waals surface area (Å²) in [4.78, 5) is 37.9. The number of piperidine rings is 1. The first-order chi connectivity index (χ1) is 14.8. The number of nitrogens with two attached hydrogens (primary N) is 1. The van der Waals surface area contributed by atoms with Crippen molar-refractivity contribution in [1.82, 2.24) is 4.90 Å². The summed E-state index contributed by atoms with van der Waals surface area (Å²) in [5.74, 6) is -0.0618. The van der Waals surface area contributed by atoms with Crippen LogP contribution in [-0.4, -0.2) is 40.7 Å². The smallest absolute Gasteiger partial charge is 0.209 e. The lowest BCUT2D eigenvalue weighted by Gasteiger charge is -2.42. The lowest BCUT2D eigenvalue weighted by atomic mass is 9.88. The Hall–Kier alpha value is -2.19. The fraction of sp³-hybridized carbons (Fsp3) is 0.435. The normalized spacial score (nSPS) is 19.4. The van der Waals surface area contributed by atoms with E-state index in [-0.39, 0.29) is 22.1 Å². The molecule has 1 aliphatic carbocycles. The molecule has 1 amide bonds. The van der Waals surface area contributed by atoms with Gasteiger partial charge in [0.25, 0.3) is 0 Å². The van der Waals surface area contributed by atoms with Gasteiger partial charge < -0.3 is 10.6 Å². The maximum Gasteiger partial charge on any atom is 0.209 e. The predicted octanol–water partition coefficient (Wildman–Crippen LogP) is 4.65. The van der Waals surface area contributed by atoms with Crippen LogP contribution < -0.4 is 5.73 Å². The van der Waals surface area contributed by atoms with Crippen molar-refractivity contribution >= 4 is 46.1 Å². The zero-order valence-corrected chi connectivity index (χ0v) is 19.0. The van der Waals surface area contributed by atoms with Gasteiger partial charge in [0.1, 0.15) is 5.82 Å². The Morgan fingerprint density at radius 2 is 1.90 bits per heavy atom. The molecule has 2 N–H and O–H groups in total. The number of carbonyl (C=O) groups excluding carboxylic acids is 3. The maximum atomic E-state index is 13.2. The Balaban J connectivity index is 0.000000166. The second kappa shape index (κ2) is 8.74. The third-order valence-corrected chi connectivity index (χ3v) is 9.07. The SMILES string of the molecule is Cc1c(N)sc2c1CCCC2=O.O=CN1CCC2(CC1)CC(=O)c1cc(F)ccc1S2. The van der Waals surface area contributed by atoms with E-state index in [0.717, 1.165) is 52.4 Å². The summed E-state index contributed by atoms with van der Waals surface area (Å²) >= 11 is 3.13. The van der Waals surface area contributed by atoms with Crippen LogP contribution in [-0.2, 0) is 11.2 Å². The highest BCUT2D eigenvalue weighted by molar-refractivity contribution is 8.01.